The van der Waals surface area contributed by atoms with Crippen LogP contribution in [0.3, 0.4) is 0 Å². The third-order valence-corrected chi connectivity index (χ3v) is 6.49. The topological polar surface area (TPSA) is 17.1 Å². The van der Waals surface area contributed by atoms with Crippen molar-refractivity contribution in [3.63, 3.8) is 0 Å². The lowest BCUT2D eigenvalue weighted by molar-refractivity contribution is -0.180. The van der Waals surface area contributed by atoms with Crippen LogP contribution in [0, 0.1) is 27.6 Å². The van der Waals surface area contributed by atoms with Crippen LogP contribution in [0.4, 0.5) is 0 Å². The van der Waals surface area contributed by atoms with Crippen molar-refractivity contribution in [1.82, 2.24) is 0 Å². The molecule has 1 rings (SSSR count). The third kappa shape index (κ3) is 1.26. The first-order chi connectivity index (χ1) is 6.81. The summed E-state index contributed by atoms with van der Waals surface area (Å²) in [5.74, 6) is 0.812. The SMILES string of the molecule is CC1C(C)(C)C(=O)C(C)(C)C(C)(C)C1(C)C. The fourth-order valence-electron chi connectivity index (χ4n) is 3.53. The standard InChI is InChI=1S/C15H28O/c1-10-12(2,3)11(16)14(6,7)15(8,9)13(10,4)5/h10H,1-9H3. The van der Waals surface area contributed by atoms with Gasteiger partial charge in [-0.2, -0.15) is 0 Å². The molecule has 1 heteroatoms. The van der Waals surface area contributed by atoms with Crippen LogP contribution in [-0.4, -0.2) is 5.78 Å². The van der Waals surface area contributed by atoms with Crippen LogP contribution < -0.4 is 0 Å². The van der Waals surface area contributed by atoms with Crippen LogP contribution in [0.2, 0.25) is 0 Å². The summed E-state index contributed by atoms with van der Waals surface area (Å²) in [6.45, 7) is 19.8. The van der Waals surface area contributed by atoms with Gasteiger partial charge in [0.2, 0.25) is 0 Å². The van der Waals surface area contributed by atoms with Crippen molar-refractivity contribution in [2.75, 3.05) is 0 Å². The second-order valence-electron chi connectivity index (χ2n) is 7.74. The van der Waals surface area contributed by atoms with Crippen LogP contribution >= 0.6 is 0 Å². The van der Waals surface area contributed by atoms with Gasteiger partial charge in [0.15, 0.2) is 0 Å². The van der Waals surface area contributed by atoms with E-state index in [4.69, 9.17) is 0 Å². The van der Waals surface area contributed by atoms with Crippen LogP contribution in [0.5, 0.6) is 0 Å². The molecule has 0 aromatic heterocycles. The van der Waals surface area contributed by atoms with E-state index in [1.807, 2.05) is 0 Å². The fourth-order valence-corrected chi connectivity index (χ4v) is 3.53. The molecule has 94 valence electrons. The van der Waals surface area contributed by atoms with Gasteiger partial charge in [0.1, 0.15) is 5.78 Å². The van der Waals surface area contributed by atoms with Crippen LogP contribution in [-0.2, 0) is 4.79 Å². The second-order valence-corrected chi connectivity index (χ2v) is 7.74. The maximum Gasteiger partial charge on any atom is 0.144 e. The molecule has 0 heterocycles. The van der Waals surface area contributed by atoms with Crippen molar-refractivity contribution in [3.05, 3.63) is 0 Å². The van der Waals surface area contributed by atoms with E-state index in [1.54, 1.807) is 0 Å². The number of rotatable bonds is 0. The van der Waals surface area contributed by atoms with Crippen molar-refractivity contribution < 1.29 is 4.79 Å². The van der Waals surface area contributed by atoms with Gasteiger partial charge in [-0.25, -0.2) is 0 Å². The molecule has 1 aliphatic carbocycles. The lowest BCUT2D eigenvalue weighted by Gasteiger charge is -2.63. The Morgan fingerprint density at radius 1 is 0.875 bits per heavy atom. The first-order valence-electron chi connectivity index (χ1n) is 6.36. The van der Waals surface area contributed by atoms with Crippen molar-refractivity contribution in [2.45, 2.75) is 62.3 Å². The average Bonchev–Trinajstić information content (AvgIpc) is 2.13. The monoisotopic (exact) mass is 224 g/mol. The van der Waals surface area contributed by atoms with Gasteiger partial charge in [-0.15, -0.1) is 0 Å². The molecule has 1 unspecified atom stereocenters. The number of hydrogen-bond acceptors (Lipinski definition) is 1. The number of carbonyl (C=O) groups excluding carboxylic acids is 1. The minimum absolute atomic E-state index is 0.0199. The Morgan fingerprint density at radius 3 is 1.62 bits per heavy atom. The Balaban J connectivity index is 3.47. The summed E-state index contributed by atoms with van der Waals surface area (Å²) < 4.78 is 0. The molecular weight excluding hydrogens is 196 g/mol. The Morgan fingerprint density at radius 2 is 1.25 bits per heavy atom. The summed E-state index contributed by atoms with van der Waals surface area (Å²) in [4.78, 5) is 12.7. The number of carbonyl (C=O) groups is 1. The van der Waals surface area contributed by atoms with E-state index in [9.17, 15) is 4.79 Å². The van der Waals surface area contributed by atoms with E-state index < -0.39 is 0 Å². The molecule has 1 nitrogen and oxygen atoms in total. The van der Waals surface area contributed by atoms with Gasteiger partial charge < -0.3 is 0 Å². The van der Waals surface area contributed by atoms with E-state index in [0.717, 1.165) is 0 Å². The Labute approximate surface area is 101 Å². The lowest BCUT2D eigenvalue weighted by Crippen LogP contribution is -2.63. The summed E-state index contributed by atoms with van der Waals surface area (Å²) in [6, 6.07) is 0. The van der Waals surface area contributed by atoms with Crippen molar-refractivity contribution >= 4 is 5.78 Å². The quantitative estimate of drug-likeness (QED) is 0.599. The molecule has 0 N–H and O–H groups in total. The summed E-state index contributed by atoms with van der Waals surface area (Å²) in [7, 11) is 0. The van der Waals surface area contributed by atoms with Gasteiger partial charge >= 0.3 is 0 Å². The molecule has 0 saturated heterocycles. The predicted octanol–water partition coefficient (Wildman–Crippen LogP) is 4.31. The summed E-state index contributed by atoms with van der Waals surface area (Å²) in [6.07, 6.45) is 0. The molecule has 1 atom stereocenters. The highest BCUT2D eigenvalue weighted by Crippen LogP contribution is 2.64. The third-order valence-electron chi connectivity index (χ3n) is 6.49. The van der Waals surface area contributed by atoms with E-state index in [2.05, 4.69) is 62.3 Å². The van der Waals surface area contributed by atoms with Gasteiger partial charge in [-0.1, -0.05) is 62.3 Å². The van der Waals surface area contributed by atoms with Crippen LogP contribution in [0.25, 0.3) is 0 Å². The lowest BCUT2D eigenvalue weighted by atomic mass is 9.40. The second kappa shape index (κ2) is 3.11. The molecule has 1 saturated carbocycles. The van der Waals surface area contributed by atoms with E-state index >= 15 is 0 Å². The van der Waals surface area contributed by atoms with Crippen molar-refractivity contribution in [2.24, 2.45) is 27.6 Å². The molecule has 1 aliphatic rings. The highest BCUT2D eigenvalue weighted by molar-refractivity contribution is 5.91. The zero-order valence-corrected chi connectivity index (χ0v) is 12.5. The fraction of sp³-hybridized carbons (Fsp3) is 0.933. The van der Waals surface area contributed by atoms with E-state index in [1.165, 1.54) is 0 Å². The number of ketones is 1. The average molecular weight is 224 g/mol. The minimum Gasteiger partial charge on any atom is -0.298 e. The van der Waals surface area contributed by atoms with Gasteiger partial charge in [0.25, 0.3) is 0 Å². The first kappa shape index (κ1) is 13.7. The molecule has 0 amide bonds. The normalized spacial score (nSPS) is 34.8. The summed E-state index contributed by atoms with van der Waals surface area (Å²) >= 11 is 0. The molecule has 0 radical (unpaired) electrons. The van der Waals surface area contributed by atoms with Crippen LogP contribution in [0.1, 0.15) is 62.3 Å². The number of hydrogen-bond donors (Lipinski definition) is 0. The minimum atomic E-state index is -0.257. The molecule has 1 fully saturated rings. The Bertz CT molecular complexity index is 318. The highest BCUT2D eigenvalue weighted by atomic mass is 16.1. The molecule has 0 spiro atoms. The maximum atomic E-state index is 12.7. The molecule has 16 heavy (non-hydrogen) atoms. The van der Waals surface area contributed by atoms with E-state index in [0.29, 0.717) is 11.7 Å². The molecule has 0 aromatic rings. The van der Waals surface area contributed by atoms with Gasteiger partial charge in [0.05, 0.1) is 0 Å². The van der Waals surface area contributed by atoms with Gasteiger partial charge in [-0.05, 0) is 16.7 Å². The Hall–Kier alpha value is -0.330. The van der Waals surface area contributed by atoms with Crippen molar-refractivity contribution in [1.29, 1.82) is 0 Å². The molecule has 0 aromatic carbocycles. The highest BCUT2D eigenvalue weighted by Gasteiger charge is 2.63. The van der Waals surface area contributed by atoms with Crippen molar-refractivity contribution in [3.8, 4) is 0 Å². The smallest absolute Gasteiger partial charge is 0.144 e. The summed E-state index contributed by atoms with van der Waals surface area (Å²) in [5.41, 5.74) is -0.297. The number of Topliss-reactive ketones (excluding diaryl/α,β-unsaturated/α-hetero) is 1. The molecule has 0 aliphatic heterocycles. The largest absolute Gasteiger partial charge is 0.298 e. The predicted molar refractivity (Wildman–Crippen MR) is 69.3 cm³/mol. The van der Waals surface area contributed by atoms with Gasteiger partial charge in [0, 0.05) is 10.8 Å². The first-order valence-corrected chi connectivity index (χ1v) is 6.36. The maximum absolute atomic E-state index is 12.7. The van der Waals surface area contributed by atoms with Gasteiger partial charge in [-0.3, -0.25) is 4.79 Å². The van der Waals surface area contributed by atoms with E-state index in [-0.39, 0.29) is 21.7 Å². The zero-order valence-electron chi connectivity index (χ0n) is 12.5. The molecule has 0 bridgehead atoms. The molecular formula is C15H28O. The Kier molecular flexibility index (Phi) is 2.67. The zero-order chi connectivity index (χ0) is 13.2. The summed E-state index contributed by atoms with van der Waals surface area (Å²) in [5, 5.41) is 0. The van der Waals surface area contributed by atoms with Crippen LogP contribution in [0.15, 0.2) is 0 Å².